The third kappa shape index (κ3) is 3.56. The number of imidazole rings is 1. The summed E-state index contributed by atoms with van der Waals surface area (Å²) in [5.41, 5.74) is 6.45. The van der Waals surface area contributed by atoms with Crippen molar-refractivity contribution in [3.05, 3.63) is 58.6 Å². The molecule has 0 saturated heterocycles. The van der Waals surface area contributed by atoms with E-state index < -0.39 is 0 Å². The Morgan fingerprint density at radius 2 is 2.04 bits per heavy atom. The first-order valence-corrected chi connectivity index (χ1v) is 9.79. The molecule has 0 aromatic carbocycles. The Kier molecular flexibility index (Phi) is 4.98. The van der Waals surface area contributed by atoms with Crippen molar-refractivity contribution < 1.29 is 4.79 Å². The molecule has 0 bridgehead atoms. The molecule has 0 aliphatic heterocycles. The number of nitrogens with one attached hydrogen (secondary N) is 1. The number of rotatable bonds is 5. The van der Waals surface area contributed by atoms with Crippen molar-refractivity contribution in [3.8, 4) is 0 Å². The van der Waals surface area contributed by atoms with Crippen LogP contribution in [-0.2, 0) is 25.8 Å². The number of nitrogens with zero attached hydrogens (tertiary/aromatic N) is 5. The van der Waals surface area contributed by atoms with Gasteiger partial charge in [0.25, 0.3) is 0 Å². The summed E-state index contributed by atoms with van der Waals surface area (Å²) in [5.74, 6) is 0.818. The van der Waals surface area contributed by atoms with Crippen LogP contribution in [-0.4, -0.2) is 43.9 Å². The largest absolute Gasteiger partial charge is 0.338 e. The molecule has 7 heteroatoms. The quantitative estimate of drug-likeness (QED) is 0.740. The zero-order chi connectivity index (χ0) is 19.7. The Labute approximate surface area is 164 Å². The lowest BCUT2D eigenvalue weighted by Crippen LogP contribution is -2.38. The molecule has 28 heavy (non-hydrogen) atoms. The first-order chi connectivity index (χ1) is 13.5. The maximum atomic E-state index is 12.5. The number of urea groups is 1. The van der Waals surface area contributed by atoms with Crippen molar-refractivity contribution in [2.45, 2.75) is 46.1 Å². The number of aromatic nitrogens is 4. The van der Waals surface area contributed by atoms with Crippen molar-refractivity contribution in [1.82, 2.24) is 29.6 Å². The van der Waals surface area contributed by atoms with Gasteiger partial charge in [-0.2, -0.15) is 0 Å². The van der Waals surface area contributed by atoms with Crippen LogP contribution in [0.3, 0.4) is 0 Å². The molecule has 4 rings (SSSR count). The van der Waals surface area contributed by atoms with Gasteiger partial charge in [-0.15, -0.1) is 0 Å². The normalized spacial score (nSPS) is 13.0. The summed E-state index contributed by atoms with van der Waals surface area (Å²) >= 11 is 0. The number of amides is 2. The van der Waals surface area contributed by atoms with Gasteiger partial charge in [0.1, 0.15) is 11.5 Å². The standard InChI is InChI=1S/C21H26N6O/c1-14-16-7-6-8-17(16)25-19(23-14)10-11-22-21(28)26(3)13-18-15(2)24-20-9-4-5-12-27(18)20/h4-5,9,12H,6-8,10-11,13H2,1-3H3,(H,22,28). The van der Waals surface area contributed by atoms with Crippen molar-refractivity contribution in [2.75, 3.05) is 13.6 Å². The lowest BCUT2D eigenvalue weighted by Gasteiger charge is -2.18. The van der Waals surface area contributed by atoms with E-state index in [-0.39, 0.29) is 6.03 Å². The highest BCUT2D eigenvalue weighted by atomic mass is 16.2. The Morgan fingerprint density at radius 1 is 1.18 bits per heavy atom. The van der Waals surface area contributed by atoms with Gasteiger partial charge in [-0.3, -0.25) is 0 Å². The Balaban J connectivity index is 1.35. The molecule has 1 aliphatic rings. The summed E-state index contributed by atoms with van der Waals surface area (Å²) in [4.78, 5) is 28.0. The third-order valence-electron chi connectivity index (χ3n) is 5.37. The van der Waals surface area contributed by atoms with Crippen LogP contribution in [0, 0.1) is 13.8 Å². The number of carbonyl (C=O) groups is 1. The average Bonchev–Trinajstić information content (AvgIpc) is 3.27. The Hall–Kier alpha value is -2.96. The van der Waals surface area contributed by atoms with Crippen LogP contribution in [0.15, 0.2) is 24.4 Å². The fraction of sp³-hybridized carbons (Fsp3) is 0.429. The predicted molar refractivity (Wildman–Crippen MR) is 107 cm³/mol. The van der Waals surface area contributed by atoms with Crippen molar-refractivity contribution in [1.29, 1.82) is 0 Å². The third-order valence-corrected chi connectivity index (χ3v) is 5.37. The molecule has 146 valence electrons. The second-order valence-electron chi connectivity index (χ2n) is 7.41. The Morgan fingerprint density at radius 3 is 2.89 bits per heavy atom. The molecule has 0 atom stereocenters. The molecule has 0 fully saturated rings. The molecule has 0 spiro atoms. The van der Waals surface area contributed by atoms with Gasteiger partial charge in [0.15, 0.2) is 0 Å². The number of hydrogen-bond acceptors (Lipinski definition) is 4. The number of hydrogen-bond donors (Lipinski definition) is 1. The zero-order valence-electron chi connectivity index (χ0n) is 16.7. The highest BCUT2D eigenvalue weighted by Crippen LogP contribution is 2.22. The SMILES string of the molecule is Cc1nc(CCNC(=O)N(C)Cc2c(C)nc3ccccn23)nc2c1CCC2. The molecule has 2 amide bonds. The van der Waals surface area contributed by atoms with Gasteiger partial charge in [-0.05, 0) is 50.8 Å². The number of pyridine rings is 1. The van der Waals surface area contributed by atoms with E-state index in [2.05, 4.69) is 27.2 Å². The summed E-state index contributed by atoms with van der Waals surface area (Å²) in [7, 11) is 1.80. The molecule has 0 saturated carbocycles. The van der Waals surface area contributed by atoms with Gasteiger partial charge in [0, 0.05) is 37.6 Å². The lowest BCUT2D eigenvalue weighted by atomic mass is 10.2. The molecular weight excluding hydrogens is 352 g/mol. The first kappa shape index (κ1) is 18.4. The van der Waals surface area contributed by atoms with Crippen molar-refractivity contribution in [3.63, 3.8) is 0 Å². The average molecular weight is 378 g/mol. The minimum atomic E-state index is -0.108. The van der Waals surface area contributed by atoms with Gasteiger partial charge < -0.3 is 14.6 Å². The van der Waals surface area contributed by atoms with E-state index in [1.807, 2.05) is 35.7 Å². The number of fused-ring (bicyclic) bond motifs is 2. The van der Waals surface area contributed by atoms with Crippen molar-refractivity contribution >= 4 is 11.7 Å². The molecule has 7 nitrogen and oxygen atoms in total. The van der Waals surface area contributed by atoms with Gasteiger partial charge in [0.05, 0.1) is 17.9 Å². The van der Waals surface area contributed by atoms with Crippen molar-refractivity contribution in [2.24, 2.45) is 0 Å². The Bertz CT molecular complexity index is 1030. The maximum Gasteiger partial charge on any atom is 0.317 e. The summed E-state index contributed by atoms with van der Waals surface area (Å²) in [6.07, 6.45) is 5.91. The predicted octanol–water partition coefficient (Wildman–Crippen LogP) is 2.61. The fourth-order valence-corrected chi connectivity index (χ4v) is 3.86. The van der Waals surface area contributed by atoms with Crippen LogP contribution >= 0.6 is 0 Å². The molecule has 3 aromatic rings. The number of carbonyl (C=O) groups excluding carboxylic acids is 1. The van der Waals surface area contributed by atoms with Crippen LogP contribution in [0.5, 0.6) is 0 Å². The number of aryl methyl sites for hydroxylation is 3. The van der Waals surface area contributed by atoms with Crippen LogP contribution in [0.25, 0.3) is 5.65 Å². The van der Waals surface area contributed by atoms with Gasteiger partial charge in [0.2, 0.25) is 0 Å². The van der Waals surface area contributed by atoms with Gasteiger partial charge in [-0.25, -0.2) is 19.7 Å². The van der Waals surface area contributed by atoms with Gasteiger partial charge in [-0.1, -0.05) is 6.07 Å². The maximum absolute atomic E-state index is 12.5. The van der Waals surface area contributed by atoms with Crippen LogP contribution in [0.4, 0.5) is 4.79 Å². The van der Waals surface area contributed by atoms with E-state index in [0.29, 0.717) is 19.5 Å². The first-order valence-electron chi connectivity index (χ1n) is 9.79. The van der Waals surface area contributed by atoms with Crippen LogP contribution < -0.4 is 5.32 Å². The second-order valence-corrected chi connectivity index (χ2v) is 7.41. The fourth-order valence-electron chi connectivity index (χ4n) is 3.86. The smallest absolute Gasteiger partial charge is 0.317 e. The second kappa shape index (κ2) is 7.58. The minimum Gasteiger partial charge on any atom is -0.338 e. The van der Waals surface area contributed by atoms with E-state index in [0.717, 1.165) is 41.4 Å². The molecular formula is C21H26N6O. The topological polar surface area (TPSA) is 75.4 Å². The molecule has 0 radical (unpaired) electrons. The van der Waals surface area contributed by atoms with E-state index in [4.69, 9.17) is 0 Å². The van der Waals surface area contributed by atoms with E-state index in [1.54, 1.807) is 11.9 Å². The van der Waals surface area contributed by atoms with Crippen LogP contribution in [0.1, 0.15) is 40.6 Å². The summed E-state index contributed by atoms with van der Waals surface area (Å²) in [6, 6.07) is 5.79. The molecule has 3 aromatic heterocycles. The van der Waals surface area contributed by atoms with Gasteiger partial charge >= 0.3 is 6.03 Å². The lowest BCUT2D eigenvalue weighted by molar-refractivity contribution is 0.206. The highest BCUT2D eigenvalue weighted by Gasteiger charge is 2.18. The van der Waals surface area contributed by atoms with E-state index in [9.17, 15) is 4.79 Å². The molecule has 1 aliphatic carbocycles. The van der Waals surface area contributed by atoms with E-state index in [1.165, 1.54) is 17.7 Å². The molecule has 3 heterocycles. The molecule has 1 N–H and O–H groups in total. The molecule has 0 unspecified atom stereocenters. The highest BCUT2D eigenvalue weighted by molar-refractivity contribution is 5.73. The summed E-state index contributed by atoms with van der Waals surface area (Å²) in [5, 5.41) is 2.98. The van der Waals surface area contributed by atoms with Crippen LogP contribution in [0.2, 0.25) is 0 Å². The summed E-state index contributed by atoms with van der Waals surface area (Å²) in [6.45, 7) is 5.05. The minimum absolute atomic E-state index is 0.108. The monoisotopic (exact) mass is 378 g/mol. The van der Waals surface area contributed by atoms with E-state index >= 15 is 0 Å². The zero-order valence-corrected chi connectivity index (χ0v) is 16.7. The summed E-state index contributed by atoms with van der Waals surface area (Å²) < 4.78 is 2.03.